The molecule has 7 heteroatoms. The van der Waals surface area contributed by atoms with Crippen molar-refractivity contribution < 1.29 is 24.1 Å². The number of carbonyl (C=O) groups is 1. The van der Waals surface area contributed by atoms with Gasteiger partial charge in [-0.15, -0.1) is 0 Å². The summed E-state index contributed by atoms with van der Waals surface area (Å²) in [6.45, 7) is 4.50. The molecule has 0 unspecified atom stereocenters. The van der Waals surface area contributed by atoms with E-state index in [1.54, 1.807) is 4.90 Å². The van der Waals surface area contributed by atoms with Crippen LogP contribution < -0.4 is 9.47 Å². The molecule has 0 aromatic heterocycles. The molecule has 2 atom stereocenters. The molecule has 4 rings (SSSR count). The van der Waals surface area contributed by atoms with E-state index < -0.39 is 0 Å². The van der Waals surface area contributed by atoms with Crippen molar-refractivity contribution in [3.05, 3.63) is 24.3 Å². The van der Waals surface area contributed by atoms with Crippen molar-refractivity contribution in [2.45, 2.75) is 31.4 Å². The third-order valence-corrected chi connectivity index (χ3v) is 5.80. The summed E-state index contributed by atoms with van der Waals surface area (Å²) in [6, 6.07) is 7.64. The lowest BCUT2D eigenvalue weighted by Crippen LogP contribution is -2.44. The second-order valence-corrected chi connectivity index (χ2v) is 7.64. The highest BCUT2D eigenvalue weighted by Gasteiger charge is 2.33. The van der Waals surface area contributed by atoms with Crippen molar-refractivity contribution in [3.63, 3.8) is 0 Å². The van der Waals surface area contributed by atoms with Crippen LogP contribution in [0.25, 0.3) is 0 Å². The lowest BCUT2D eigenvalue weighted by Gasteiger charge is -2.36. The van der Waals surface area contributed by atoms with Crippen LogP contribution in [0.4, 0.5) is 4.79 Å². The summed E-state index contributed by atoms with van der Waals surface area (Å²) >= 11 is 0. The van der Waals surface area contributed by atoms with E-state index in [0.717, 1.165) is 50.4 Å². The lowest BCUT2D eigenvalue weighted by atomic mass is 9.93. The lowest BCUT2D eigenvalue weighted by molar-refractivity contribution is 0.0464. The zero-order chi connectivity index (χ0) is 18.6. The van der Waals surface area contributed by atoms with E-state index in [1.165, 1.54) is 0 Å². The number of fused-ring (bicyclic) bond motifs is 1. The van der Waals surface area contributed by atoms with Gasteiger partial charge >= 0.3 is 6.09 Å². The molecule has 1 N–H and O–H groups in total. The number of aliphatic hydroxyl groups excluding tert-OH is 1. The first kappa shape index (κ1) is 18.4. The van der Waals surface area contributed by atoms with Crippen LogP contribution in [-0.2, 0) is 4.74 Å². The van der Waals surface area contributed by atoms with Crippen molar-refractivity contribution in [1.29, 1.82) is 0 Å². The van der Waals surface area contributed by atoms with Crippen LogP contribution in [0.5, 0.6) is 11.5 Å². The quantitative estimate of drug-likeness (QED) is 0.816. The number of hydrogen-bond acceptors (Lipinski definition) is 6. The fourth-order valence-corrected chi connectivity index (χ4v) is 4.13. The molecule has 3 aliphatic rings. The largest absolute Gasteiger partial charge is 0.486 e. The zero-order valence-electron chi connectivity index (χ0n) is 15.6. The minimum atomic E-state index is -0.291. The van der Waals surface area contributed by atoms with Gasteiger partial charge in [-0.1, -0.05) is 12.1 Å². The minimum Gasteiger partial charge on any atom is -0.486 e. The number of ether oxygens (including phenoxy) is 3. The highest BCUT2D eigenvalue weighted by molar-refractivity contribution is 5.70. The maximum absolute atomic E-state index is 11.7. The first-order valence-corrected chi connectivity index (χ1v) is 9.88. The van der Waals surface area contributed by atoms with Crippen molar-refractivity contribution in [1.82, 2.24) is 9.80 Å². The standard InChI is InChI=1S/C20H28N2O5/c23-12-16-13-26-20(24)22(16)10-7-15-5-8-21(9-6-15)11-17-14-25-18-3-1-2-4-19(18)27-17/h1-4,15-17,23H,5-14H2/t16-,17-/m0/s1. The summed E-state index contributed by atoms with van der Waals surface area (Å²) in [7, 11) is 0. The maximum Gasteiger partial charge on any atom is 0.410 e. The van der Waals surface area contributed by atoms with E-state index >= 15 is 0 Å². The molecule has 27 heavy (non-hydrogen) atoms. The number of para-hydroxylation sites is 2. The van der Waals surface area contributed by atoms with Gasteiger partial charge in [0, 0.05) is 13.1 Å². The Morgan fingerprint density at radius 2 is 1.85 bits per heavy atom. The molecule has 1 aromatic rings. The molecule has 0 radical (unpaired) electrons. The summed E-state index contributed by atoms with van der Waals surface area (Å²) < 4.78 is 16.9. The normalized spacial score (nSPS) is 26.3. The topological polar surface area (TPSA) is 71.5 Å². The molecular weight excluding hydrogens is 348 g/mol. The summed E-state index contributed by atoms with van der Waals surface area (Å²) in [5.41, 5.74) is 0. The van der Waals surface area contributed by atoms with E-state index in [0.29, 0.717) is 25.7 Å². The number of nitrogens with zero attached hydrogens (tertiary/aromatic N) is 2. The van der Waals surface area contributed by atoms with Gasteiger partial charge in [0.05, 0.1) is 12.6 Å². The summed E-state index contributed by atoms with van der Waals surface area (Å²) in [5.74, 6) is 2.27. The Morgan fingerprint density at radius 3 is 2.63 bits per heavy atom. The predicted molar refractivity (Wildman–Crippen MR) is 99.1 cm³/mol. The summed E-state index contributed by atoms with van der Waals surface area (Å²) in [5, 5.41) is 9.34. The molecule has 148 valence electrons. The minimum absolute atomic E-state index is 0.0310. The van der Waals surface area contributed by atoms with Gasteiger partial charge in [0.15, 0.2) is 11.5 Å². The first-order chi connectivity index (χ1) is 13.2. The number of cyclic esters (lactones) is 1. The number of carbonyl (C=O) groups excluding carboxylic acids is 1. The van der Waals surface area contributed by atoms with Crippen LogP contribution in [0.1, 0.15) is 19.3 Å². The molecule has 2 fully saturated rings. The molecule has 2 saturated heterocycles. The smallest absolute Gasteiger partial charge is 0.410 e. The molecule has 1 amide bonds. The van der Waals surface area contributed by atoms with Crippen LogP contribution in [0, 0.1) is 5.92 Å². The van der Waals surface area contributed by atoms with Gasteiger partial charge in [0.1, 0.15) is 19.3 Å². The first-order valence-electron chi connectivity index (χ1n) is 9.88. The van der Waals surface area contributed by atoms with E-state index in [1.807, 2.05) is 24.3 Å². The highest BCUT2D eigenvalue weighted by Crippen LogP contribution is 2.31. The zero-order valence-corrected chi connectivity index (χ0v) is 15.6. The van der Waals surface area contributed by atoms with Crippen LogP contribution in [0.3, 0.4) is 0 Å². The van der Waals surface area contributed by atoms with Crippen molar-refractivity contribution >= 4 is 6.09 Å². The van der Waals surface area contributed by atoms with Crippen LogP contribution in [0.2, 0.25) is 0 Å². The van der Waals surface area contributed by atoms with Crippen LogP contribution in [-0.4, -0.2) is 79.1 Å². The van der Waals surface area contributed by atoms with E-state index in [4.69, 9.17) is 14.2 Å². The number of likely N-dealkylation sites (tertiary alicyclic amines) is 1. The Kier molecular flexibility index (Phi) is 5.69. The molecule has 3 aliphatic heterocycles. The molecule has 0 aliphatic carbocycles. The van der Waals surface area contributed by atoms with Crippen molar-refractivity contribution in [3.8, 4) is 11.5 Å². The number of aliphatic hydroxyl groups is 1. The average Bonchev–Trinajstić information content (AvgIpc) is 3.07. The highest BCUT2D eigenvalue weighted by atomic mass is 16.6. The van der Waals surface area contributed by atoms with Gasteiger partial charge in [-0.05, 0) is 50.4 Å². The Hall–Kier alpha value is -1.99. The Labute approximate surface area is 159 Å². The Bertz CT molecular complexity index is 647. The molecule has 7 nitrogen and oxygen atoms in total. The number of rotatable bonds is 6. The summed E-state index contributed by atoms with van der Waals surface area (Å²) in [4.78, 5) is 15.9. The number of amides is 1. The van der Waals surface area contributed by atoms with E-state index in [2.05, 4.69) is 4.90 Å². The van der Waals surface area contributed by atoms with Gasteiger partial charge in [0.25, 0.3) is 0 Å². The molecule has 0 spiro atoms. The molecule has 0 saturated carbocycles. The molecular formula is C20H28N2O5. The van der Waals surface area contributed by atoms with Crippen molar-refractivity contribution in [2.75, 3.05) is 46.0 Å². The Balaban J connectivity index is 1.19. The molecule has 0 bridgehead atoms. The monoisotopic (exact) mass is 376 g/mol. The van der Waals surface area contributed by atoms with Gasteiger partial charge in [-0.2, -0.15) is 0 Å². The Morgan fingerprint density at radius 1 is 1.07 bits per heavy atom. The van der Waals surface area contributed by atoms with E-state index in [-0.39, 0.29) is 24.8 Å². The SMILES string of the molecule is O=C1OC[C@H](CO)N1CCC1CCN(C[C@H]2COc3ccccc3O2)CC1. The second kappa shape index (κ2) is 8.35. The average molecular weight is 376 g/mol. The summed E-state index contributed by atoms with van der Waals surface area (Å²) in [6.07, 6.45) is 2.99. The van der Waals surface area contributed by atoms with E-state index in [9.17, 15) is 9.90 Å². The third-order valence-electron chi connectivity index (χ3n) is 5.80. The molecule has 3 heterocycles. The van der Waals surface area contributed by atoms with Gasteiger partial charge in [-0.3, -0.25) is 9.80 Å². The van der Waals surface area contributed by atoms with Crippen molar-refractivity contribution in [2.24, 2.45) is 5.92 Å². The predicted octanol–water partition coefficient (Wildman–Crippen LogP) is 1.74. The molecule has 1 aromatic carbocycles. The van der Waals surface area contributed by atoms with Gasteiger partial charge < -0.3 is 19.3 Å². The van der Waals surface area contributed by atoms with Crippen LogP contribution in [0.15, 0.2) is 24.3 Å². The number of piperidine rings is 1. The maximum atomic E-state index is 11.7. The number of benzene rings is 1. The van der Waals surface area contributed by atoms with Crippen LogP contribution >= 0.6 is 0 Å². The second-order valence-electron chi connectivity index (χ2n) is 7.64. The third kappa shape index (κ3) is 4.30. The van der Waals surface area contributed by atoms with Gasteiger partial charge in [0.2, 0.25) is 0 Å². The van der Waals surface area contributed by atoms with Gasteiger partial charge in [-0.25, -0.2) is 4.79 Å². The fourth-order valence-electron chi connectivity index (χ4n) is 4.13. The number of hydrogen-bond donors (Lipinski definition) is 1. The fraction of sp³-hybridized carbons (Fsp3) is 0.650.